The lowest BCUT2D eigenvalue weighted by atomic mass is 10.2. The van der Waals surface area contributed by atoms with E-state index in [1.807, 2.05) is 0 Å². The SMILES string of the molecule is O=C(O)c1ccc(C(F)(F)F)nc1SC1CCOCC1. The molecule has 0 amide bonds. The Bertz CT molecular complexity index is 501. The summed E-state index contributed by atoms with van der Waals surface area (Å²) in [5, 5.41) is 8.97. The van der Waals surface area contributed by atoms with Gasteiger partial charge in [0.25, 0.3) is 0 Å². The first kappa shape index (κ1) is 15.1. The van der Waals surface area contributed by atoms with Gasteiger partial charge in [0, 0.05) is 18.5 Å². The van der Waals surface area contributed by atoms with Crippen LogP contribution in [0.3, 0.4) is 0 Å². The molecule has 1 aliphatic heterocycles. The molecule has 2 rings (SSSR count). The van der Waals surface area contributed by atoms with Crippen LogP contribution in [0.4, 0.5) is 13.2 Å². The normalized spacial score (nSPS) is 17.1. The summed E-state index contributed by atoms with van der Waals surface area (Å²) in [7, 11) is 0. The second-order valence-corrected chi connectivity index (χ2v) is 5.57. The Kier molecular flexibility index (Phi) is 4.54. The summed E-state index contributed by atoms with van der Waals surface area (Å²) in [5.74, 6) is -1.28. The maximum Gasteiger partial charge on any atom is 0.433 e. The van der Waals surface area contributed by atoms with Crippen molar-refractivity contribution in [2.45, 2.75) is 29.3 Å². The summed E-state index contributed by atoms with van der Waals surface area (Å²) < 4.78 is 43.1. The molecule has 0 aromatic carbocycles. The van der Waals surface area contributed by atoms with Crippen molar-refractivity contribution in [1.82, 2.24) is 4.98 Å². The zero-order chi connectivity index (χ0) is 14.8. The van der Waals surface area contributed by atoms with Crippen molar-refractivity contribution in [2.24, 2.45) is 0 Å². The van der Waals surface area contributed by atoms with E-state index >= 15 is 0 Å². The first-order valence-electron chi connectivity index (χ1n) is 5.94. The molecule has 0 unspecified atom stereocenters. The van der Waals surface area contributed by atoms with E-state index in [0.717, 1.165) is 17.8 Å². The summed E-state index contributed by atoms with van der Waals surface area (Å²) in [6.45, 7) is 1.05. The second kappa shape index (κ2) is 6.01. The van der Waals surface area contributed by atoms with Crippen molar-refractivity contribution in [1.29, 1.82) is 0 Å². The number of carboxylic acid groups (broad SMARTS) is 1. The molecule has 4 nitrogen and oxygen atoms in total. The number of carboxylic acids is 1. The summed E-state index contributed by atoms with van der Waals surface area (Å²) in [6, 6.07) is 1.65. The Hall–Kier alpha value is -1.28. The minimum Gasteiger partial charge on any atom is -0.478 e. The van der Waals surface area contributed by atoms with Gasteiger partial charge in [-0.2, -0.15) is 13.2 Å². The number of halogens is 3. The highest BCUT2D eigenvalue weighted by Crippen LogP contribution is 2.34. The lowest BCUT2D eigenvalue weighted by Gasteiger charge is -2.21. The molecule has 8 heteroatoms. The molecule has 1 saturated heterocycles. The smallest absolute Gasteiger partial charge is 0.433 e. The molecule has 1 N–H and O–H groups in total. The maximum atomic E-state index is 12.6. The monoisotopic (exact) mass is 307 g/mol. The van der Waals surface area contributed by atoms with Gasteiger partial charge in [-0.05, 0) is 25.0 Å². The van der Waals surface area contributed by atoms with Crippen LogP contribution in [0.2, 0.25) is 0 Å². The van der Waals surface area contributed by atoms with Gasteiger partial charge in [-0.25, -0.2) is 9.78 Å². The third kappa shape index (κ3) is 3.63. The number of aromatic nitrogens is 1. The molecular formula is C12H12F3NO3S. The van der Waals surface area contributed by atoms with Gasteiger partial charge in [-0.3, -0.25) is 0 Å². The topological polar surface area (TPSA) is 59.4 Å². The molecule has 110 valence electrons. The number of thioether (sulfide) groups is 1. The molecule has 1 aromatic rings. The van der Waals surface area contributed by atoms with Crippen LogP contribution in [0.15, 0.2) is 17.2 Å². The van der Waals surface area contributed by atoms with Gasteiger partial charge in [-0.15, -0.1) is 11.8 Å². The Morgan fingerprint density at radius 3 is 2.55 bits per heavy atom. The largest absolute Gasteiger partial charge is 0.478 e. The zero-order valence-electron chi connectivity index (χ0n) is 10.3. The van der Waals surface area contributed by atoms with Gasteiger partial charge in [0.2, 0.25) is 0 Å². The Labute approximate surface area is 117 Å². The molecule has 0 saturated carbocycles. The number of carbonyl (C=O) groups is 1. The molecule has 0 bridgehead atoms. The lowest BCUT2D eigenvalue weighted by Crippen LogP contribution is -2.19. The van der Waals surface area contributed by atoms with Gasteiger partial charge in [0.05, 0.1) is 5.56 Å². The van der Waals surface area contributed by atoms with Crippen molar-refractivity contribution in [2.75, 3.05) is 13.2 Å². The maximum absolute atomic E-state index is 12.6. The van der Waals surface area contributed by atoms with Crippen LogP contribution in [-0.2, 0) is 10.9 Å². The number of nitrogens with zero attached hydrogens (tertiary/aromatic N) is 1. The fourth-order valence-electron chi connectivity index (χ4n) is 1.80. The molecule has 0 radical (unpaired) electrons. The van der Waals surface area contributed by atoms with E-state index in [2.05, 4.69) is 4.98 Å². The molecule has 0 atom stereocenters. The molecule has 0 spiro atoms. The van der Waals surface area contributed by atoms with Crippen molar-refractivity contribution < 1.29 is 27.8 Å². The minimum absolute atomic E-state index is 0.0258. The van der Waals surface area contributed by atoms with E-state index < -0.39 is 17.8 Å². The highest BCUT2D eigenvalue weighted by Gasteiger charge is 2.34. The van der Waals surface area contributed by atoms with Crippen LogP contribution in [0, 0.1) is 0 Å². The molecule has 0 aliphatic carbocycles. The summed E-state index contributed by atoms with van der Waals surface area (Å²) in [6.07, 6.45) is -3.24. The minimum atomic E-state index is -4.58. The Morgan fingerprint density at radius 2 is 2.00 bits per heavy atom. The number of pyridine rings is 1. The predicted molar refractivity (Wildman–Crippen MR) is 65.9 cm³/mol. The molecule has 20 heavy (non-hydrogen) atoms. The quantitative estimate of drug-likeness (QED) is 0.930. The van der Waals surface area contributed by atoms with E-state index in [9.17, 15) is 18.0 Å². The molecule has 1 fully saturated rings. The standard InChI is InChI=1S/C12H12F3NO3S/c13-12(14,15)9-2-1-8(11(17)18)10(16-9)20-7-3-5-19-6-4-7/h1-2,7H,3-6H2,(H,17,18). The second-order valence-electron chi connectivity index (χ2n) is 4.28. The third-order valence-corrected chi connectivity index (χ3v) is 4.17. The van der Waals surface area contributed by atoms with Crippen LogP contribution >= 0.6 is 11.8 Å². The highest BCUT2D eigenvalue weighted by atomic mass is 32.2. The number of hydrogen-bond acceptors (Lipinski definition) is 4. The predicted octanol–water partition coefficient (Wildman–Crippen LogP) is 3.07. The third-order valence-electron chi connectivity index (χ3n) is 2.83. The molecule has 1 aromatic heterocycles. The van der Waals surface area contributed by atoms with Gasteiger partial charge in [0.15, 0.2) is 0 Å². The van der Waals surface area contributed by atoms with Crippen LogP contribution in [0.1, 0.15) is 28.9 Å². The van der Waals surface area contributed by atoms with E-state index in [-0.39, 0.29) is 15.8 Å². The molecular weight excluding hydrogens is 295 g/mol. The van der Waals surface area contributed by atoms with Crippen LogP contribution in [-0.4, -0.2) is 34.5 Å². The van der Waals surface area contributed by atoms with Crippen LogP contribution in [0.25, 0.3) is 0 Å². The fourth-order valence-corrected chi connectivity index (χ4v) is 2.98. The van der Waals surface area contributed by atoms with Crippen molar-refractivity contribution in [3.05, 3.63) is 23.4 Å². The fraction of sp³-hybridized carbons (Fsp3) is 0.500. The summed E-state index contributed by atoms with van der Waals surface area (Å²) in [4.78, 5) is 14.5. The number of rotatable bonds is 3. The van der Waals surface area contributed by atoms with Crippen molar-refractivity contribution >= 4 is 17.7 Å². The summed E-state index contributed by atoms with van der Waals surface area (Å²) in [5.41, 5.74) is -1.27. The van der Waals surface area contributed by atoms with E-state index in [4.69, 9.17) is 9.84 Å². The number of ether oxygens (including phenoxy) is 1. The molecule has 1 aliphatic rings. The van der Waals surface area contributed by atoms with E-state index in [0.29, 0.717) is 32.1 Å². The van der Waals surface area contributed by atoms with Gasteiger partial charge >= 0.3 is 12.1 Å². The van der Waals surface area contributed by atoms with Gasteiger partial charge in [0.1, 0.15) is 10.7 Å². The molecule has 2 heterocycles. The Balaban J connectivity index is 2.29. The van der Waals surface area contributed by atoms with Crippen molar-refractivity contribution in [3.8, 4) is 0 Å². The highest BCUT2D eigenvalue weighted by molar-refractivity contribution is 7.99. The summed E-state index contributed by atoms with van der Waals surface area (Å²) >= 11 is 1.08. The lowest BCUT2D eigenvalue weighted by molar-refractivity contribution is -0.141. The van der Waals surface area contributed by atoms with E-state index in [1.165, 1.54) is 0 Å². The first-order chi connectivity index (χ1) is 9.38. The number of alkyl halides is 3. The first-order valence-corrected chi connectivity index (χ1v) is 6.82. The van der Waals surface area contributed by atoms with E-state index in [1.54, 1.807) is 0 Å². The average molecular weight is 307 g/mol. The number of hydrogen-bond donors (Lipinski definition) is 1. The average Bonchev–Trinajstić information content (AvgIpc) is 2.38. The van der Waals surface area contributed by atoms with Gasteiger partial charge in [-0.1, -0.05) is 0 Å². The van der Waals surface area contributed by atoms with Crippen LogP contribution < -0.4 is 0 Å². The Morgan fingerprint density at radius 1 is 1.35 bits per heavy atom. The number of aromatic carboxylic acids is 1. The van der Waals surface area contributed by atoms with Gasteiger partial charge < -0.3 is 9.84 Å². The van der Waals surface area contributed by atoms with Crippen molar-refractivity contribution in [3.63, 3.8) is 0 Å². The van der Waals surface area contributed by atoms with Crippen LogP contribution in [0.5, 0.6) is 0 Å². The zero-order valence-corrected chi connectivity index (χ0v) is 11.1.